The molecule has 2 rings (SSSR count). The first-order valence-electron chi connectivity index (χ1n) is 4.62. The number of nitrogens with zero attached hydrogens (tertiary/aromatic N) is 1. The molecule has 1 atom stereocenters. The highest BCUT2D eigenvalue weighted by Gasteiger charge is 2.30. The van der Waals surface area contributed by atoms with Gasteiger partial charge in [-0.25, -0.2) is 0 Å². The van der Waals surface area contributed by atoms with E-state index in [0.29, 0.717) is 4.28 Å². The summed E-state index contributed by atoms with van der Waals surface area (Å²) >= 11 is 5.71. The standard InChI is InChI=1S/C9H14BrNS/c1-2-11-7-5-3-4-6-8(7)12-9(11)10/h9H,2-6H2,1H3. The molecule has 12 heavy (non-hydrogen) atoms. The van der Waals surface area contributed by atoms with E-state index in [0.717, 1.165) is 6.54 Å². The lowest BCUT2D eigenvalue weighted by Gasteiger charge is -2.24. The normalized spacial score (nSPS) is 29.5. The van der Waals surface area contributed by atoms with Gasteiger partial charge in [-0.1, -0.05) is 27.7 Å². The van der Waals surface area contributed by atoms with Gasteiger partial charge in [0.05, 0.1) is 0 Å². The second-order valence-electron chi connectivity index (χ2n) is 3.27. The van der Waals surface area contributed by atoms with E-state index in [2.05, 4.69) is 27.8 Å². The summed E-state index contributed by atoms with van der Waals surface area (Å²) in [5, 5.41) is 0. The second-order valence-corrected chi connectivity index (χ2v) is 5.92. The highest BCUT2D eigenvalue weighted by Crippen LogP contribution is 2.47. The third-order valence-corrected chi connectivity index (χ3v) is 4.79. The van der Waals surface area contributed by atoms with Crippen LogP contribution >= 0.6 is 27.7 Å². The number of thioether (sulfide) groups is 1. The van der Waals surface area contributed by atoms with E-state index in [1.807, 2.05) is 11.8 Å². The molecule has 0 spiro atoms. The maximum atomic E-state index is 3.70. The van der Waals surface area contributed by atoms with E-state index in [-0.39, 0.29) is 0 Å². The van der Waals surface area contributed by atoms with Gasteiger partial charge in [0.2, 0.25) is 0 Å². The number of hydrogen-bond donors (Lipinski definition) is 0. The van der Waals surface area contributed by atoms with Gasteiger partial charge in [-0.15, -0.1) is 0 Å². The quantitative estimate of drug-likeness (QED) is 0.516. The van der Waals surface area contributed by atoms with E-state index in [4.69, 9.17) is 0 Å². The zero-order valence-electron chi connectivity index (χ0n) is 7.35. The minimum atomic E-state index is 0.519. The van der Waals surface area contributed by atoms with Gasteiger partial charge in [0, 0.05) is 17.1 Å². The smallest absolute Gasteiger partial charge is 0.135 e. The van der Waals surface area contributed by atoms with Crippen LogP contribution in [0.5, 0.6) is 0 Å². The van der Waals surface area contributed by atoms with E-state index in [9.17, 15) is 0 Å². The molecule has 0 aromatic rings. The highest BCUT2D eigenvalue weighted by molar-refractivity contribution is 9.11. The van der Waals surface area contributed by atoms with Crippen molar-refractivity contribution >= 4 is 27.7 Å². The molecule has 1 unspecified atom stereocenters. The number of alkyl halides is 1. The molecule has 68 valence electrons. The lowest BCUT2D eigenvalue weighted by atomic mass is 10.0. The van der Waals surface area contributed by atoms with Crippen LogP contribution in [0.25, 0.3) is 0 Å². The zero-order valence-corrected chi connectivity index (χ0v) is 9.75. The molecule has 0 fully saturated rings. The first-order chi connectivity index (χ1) is 5.83. The van der Waals surface area contributed by atoms with Crippen molar-refractivity contribution < 1.29 is 0 Å². The van der Waals surface area contributed by atoms with Crippen LogP contribution in [0.1, 0.15) is 32.6 Å². The maximum Gasteiger partial charge on any atom is 0.135 e. The molecule has 0 N–H and O–H groups in total. The van der Waals surface area contributed by atoms with Gasteiger partial charge in [-0.3, -0.25) is 0 Å². The Balaban J connectivity index is 2.19. The Kier molecular flexibility index (Phi) is 2.70. The predicted molar refractivity (Wildman–Crippen MR) is 58.2 cm³/mol. The van der Waals surface area contributed by atoms with Crippen molar-refractivity contribution in [2.75, 3.05) is 6.54 Å². The van der Waals surface area contributed by atoms with Gasteiger partial charge in [0.25, 0.3) is 0 Å². The Morgan fingerprint density at radius 3 is 3.00 bits per heavy atom. The molecule has 1 aliphatic carbocycles. The third kappa shape index (κ3) is 1.41. The largest absolute Gasteiger partial charge is 0.353 e. The van der Waals surface area contributed by atoms with Crippen molar-refractivity contribution in [1.82, 2.24) is 4.90 Å². The van der Waals surface area contributed by atoms with Gasteiger partial charge < -0.3 is 4.90 Å². The highest BCUT2D eigenvalue weighted by atomic mass is 79.9. The Morgan fingerprint density at radius 2 is 2.25 bits per heavy atom. The molecule has 0 aromatic heterocycles. The summed E-state index contributed by atoms with van der Waals surface area (Å²) in [5.41, 5.74) is 1.62. The van der Waals surface area contributed by atoms with Crippen molar-refractivity contribution in [2.45, 2.75) is 36.9 Å². The molecule has 0 aromatic carbocycles. The van der Waals surface area contributed by atoms with Crippen molar-refractivity contribution in [3.8, 4) is 0 Å². The Hall–Kier alpha value is 0.370. The lowest BCUT2D eigenvalue weighted by Crippen LogP contribution is -2.24. The summed E-state index contributed by atoms with van der Waals surface area (Å²) in [6, 6.07) is 0. The predicted octanol–water partition coefficient (Wildman–Crippen LogP) is 3.52. The van der Waals surface area contributed by atoms with E-state index >= 15 is 0 Å². The van der Waals surface area contributed by atoms with Crippen LogP contribution in [0.2, 0.25) is 0 Å². The summed E-state index contributed by atoms with van der Waals surface area (Å²) in [6.07, 6.45) is 5.40. The molecule has 3 heteroatoms. The van der Waals surface area contributed by atoms with Gasteiger partial charge in [-0.2, -0.15) is 0 Å². The first-order valence-corrected chi connectivity index (χ1v) is 6.42. The number of rotatable bonds is 1. The van der Waals surface area contributed by atoms with Crippen LogP contribution in [-0.2, 0) is 0 Å². The Morgan fingerprint density at radius 1 is 1.50 bits per heavy atom. The Bertz CT molecular complexity index is 215. The van der Waals surface area contributed by atoms with Crippen LogP contribution < -0.4 is 0 Å². The summed E-state index contributed by atoms with van der Waals surface area (Å²) in [5.74, 6) is 0. The molecule has 0 saturated heterocycles. The van der Waals surface area contributed by atoms with Gasteiger partial charge >= 0.3 is 0 Å². The SMILES string of the molecule is CCN1C2=C(CCCC2)SC1Br. The Labute approximate surface area is 86.7 Å². The third-order valence-electron chi connectivity index (χ3n) is 2.56. The average molecular weight is 248 g/mol. The number of hydrogen-bond acceptors (Lipinski definition) is 2. The van der Waals surface area contributed by atoms with Gasteiger partial charge in [0.1, 0.15) is 4.28 Å². The first kappa shape index (κ1) is 8.95. The van der Waals surface area contributed by atoms with Crippen LogP contribution in [0.15, 0.2) is 10.6 Å². The van der Waals surface area contributed by atoms with Gasteiger partial charge in [0.15, 0.2) is 0 Å². The molecule has 2 aliphatic rings. The molecule has 1 nitrogen and oxygen atoms in total. The zero-order chi connectivity index (χ0) is 8.55. The number of halogens is 1. The summed E-state index contributed by atoms with van der Waals surface area (Å²) in [7, 11) is 0. The lowest BCUT2D eigenvalue weighted by molar-refractivity contribution is 0.386. The number of allylic oxidation sites excluding steroid dienone is 2. The molecule has 1 heterocycles. The van der Waals surface area contributed by atoms with Crippen LogP contribution in [0.3, 0.4) is 0 Å². The fourth-order valence-corrected chi connectivity index (χ4v) is 4.40. The topological polar surface area (TPSA) is 3.24 Å². The fraction of sp³-hybridized carbons (Fsp3) is 0.778. The molecular weight excluding hydrogens is 234 g/mol. The monoisotopic (exact) mass is 247 g/mol. The van der Waals surface area contributed by atoms with E-state index in [1.54, 1.807) is 10.6 Å². The van der Waals surface area contributed by atoms with Crippen molar-refractivity contribution in [3.05, 3.63) is 10.6 Å². The summed E-state index contributed by atoms with van der Waals surface area (Å²) < 4.78 is 0.519. The molecule has 0 saturated carbocycles. The van der Waals surface area contributed by atoms with Gasteiger partial charge in [-0.05, 0) is 32.6 Å². The van der Waals surface area contributed by atoms with Crippen molar-refractivity contribution in [1.29, 1.82) is 0 Å². The summed E-state index contributed by atoms with van der Waals surface area (Å²) in [6.45, 7) is 3.38. The van der Waals surface area contributed by atoms with Crippen LogP contribution in [0, 0.1) is 0 Å². The molecule has 1 aliphatic heterocycles. The molecular formula is C9H14BrNS. The fourth-order valence-electron chi connectivity index (χ4n) is 1.93. The van der Waals surface area contributed by atoms with E-state index < -0.39 is 0 Å². The summed E-state index contributed by atoms with van der Waals surface area (Å²) in [4.78, 5) is 4.13. The minimum absolute atomic E-state index is 0.519. The maximum absolute atomic E-state index is 3.70. The van der Waals surface area contributed by atoms with Crippen molar-refractivity contribution in [3.63, 3.8) is 0 Å². The second kappa shape index (κ2) is 3.62. The van der Waals surface area contributed by atoms with Crippen molar-refractivity contribution in [2.24, 2.45) is 0 Å². The van der Waals surface area contributed by atoms with Crippen LogP contribution in [0.4, 0.5) is 0 Å². The van der Waals surface area contributed by atoms with Crippen LogP contribution in [-0.4, -0.2) is 15.7 Å². The minimum Gasteiger partial charge on any atom is -0.353 e. The average Bonchev–Trinajstić information content (AvgIpc) is 2.40. The van der Waals surface area contributed by atoms with E-state index in [1.165, 1.54) is 25.7 Å². The molecule has 0 radical (unpaired) electrons. The molecule has 0 amide bonds. The molecule has 0 bridgehead atoms.